The molecule has 1 rings (SSSR count). The summed E-state index contributed by atoms with van der Waals surface area (Å²) in [6.07, 6.45) is 1.69. The van der Waals surface area contributed by atoms with Crippen molar-refractivity contribution >= 4 is 5.82 Å². The molecule has 0 saturated carbocycles. The van der Waals surface area contributed by atoms with E-state index >= 15 is 0 Å². The lowest BCUT2D eigenvalue weighted by Gasteiger charge is -2.19. The zero-order chi connectivity index (χ0) is 9.90. The van der Waals surface area contributed by atoms with E-state index in [1.807, 2.05) is 32.9 Å². The summed E-state index contributed by atoms with van der Waals surface area (Å²) in [6.45, 7) is 6.66. The first-order valence-corrected chi connectivity index (χ1v) is 4.32. The smallest absolute Gasteiger partial charge is 0.123 e. The number of nitrogen functional groups attached to an aromatic ring is 1. The van der Waals surface area contributed by atoms with Gasteiger partial charge >= 0.3 is 0 Å². The lowest BCUT2D eigenvalue weighted by molar-refractivity contribution is -0.0149. The lowest BCUT2D eigenvalue weighted by Crippen LogP contribution is -2.18. The van der Waals surface area contributed by atoms with E-state index in [4.69, 9.17) is 10.5 Å². The van der Waals surface area contributed by atoms with Gasteiger partial charge in [-0.3, -0.25) is 0 Å². The minimum atomic E-state index is -0.113. The fourth-order valence-electron chi connectivity index (χ4n) is 0.884. The second kappa shape index (κ2) is 3.75. The van der Waals surface area contributed by atoms with Crippen LogP contribution < -0.4 is 5.73 Å². The van der Waals surface area contributed by atoms with Crippen LogP contribution >= 0.6 is 0 Å². The minimum Gasteiger partial charge on any atom is -0.384 e. The predicted octanol–water partition coefficient (Wildman–Crippen LogP) is 1.98. The Hall–Kier alpha value is -1.09. The Bertz CT molecular complexity index is 278. The van der Waals surface area contributed by atoms with Crippen molar-refractivity contribution in [3.05, 3.63) is 23.9 Å². The van der Waals surface area contributed by atoms with Crippen LogP contribution in [-0.2, 0) is 11.3 Å². The maximum Gasteiger partial charge on any atom is 0.123 e. The van der Waals surface area contributed by atoms with Gasteiger partial charge in [-0.05, 0) is 38.5 Å². The number of nitrogens with zero attached hydrogens (tertiary/aromatic N) is 1. The Morgan fingerprint density at radius 2 is 2.15 bits per heavy atom. The van der Waals surface area contributed by atoms with Gasteiger partial charge in [-0.1, -0.05) is 0 Å². The summed E-state index contributed by atoms with van der Waals surface area (Å²) < 4.78 is 5.59. The molecule has 2 N–H and O–H groups in total. The number of anilines is 1. The standard InChI is InChI=1S/C10H16N2O/c1-10(2,3)13-7-8-4-5-12-9(11)6-8/h4-6H,7H2,1-3H3,(H2,11,12). The van der Waals surface area contributed by atoms with Crippen molar-refractivity contribution in [1.82, 2.24) is 4.98 Å². The highest BCUT2D eigenvalue weighted by atomic mass is 16.5. The molecule has 0 aliphatic heterocycles. The van der Waals surface area contributed by atoms with Crippen LogP contribution in [0, 0.1) is 0 Å². The molecular weight excluding hydrogens is 164 g/mol. The van der Waals surface area contributed by atoms with E-state index in [1.54, 1.807) is 6.20 Å². The molecule has 0 radical (unpaired) electrons. The minimum absolute atomic E-state index is 0.113. The number of nitrogens with two attached hydrogens (primary N) is 1. The highest BCUT2D eigenvalue weighted by Gasteiger charge is 2.09. The van der Waals surface area contributed by atoms with E-state index in [1.165, 1.54) is 0 Å². The highest BCUT2D eigenvalue weighted by Crippen LogP contribution is 2.12. The van der Waals surface area contributed by atoms with Gasteiger partial charge in [-0.2, -0.15) is 0 Å². The summed E-state index contributed by atoms with van der Waals surface area (Å²) in [5.41, 5.74) is 6.48. The maximum absolute atomic E-state index is 5.59. The van der Waals surface area contributed by atoms with Crippen LogP contribution in [-0.4, -0.2) is 10.6 Å². The van der Waals surface area contributed by atoms with E-state index in [0.29, 0.717) is 12.4 Å². The summed E-state index contributed by atoms with van der Waals surface area (Å²) >= 11 is 0. The molecule has 0 atom stereocenters. The van der Waals surface area contributed by atoms with Gasteiger partial charge < -0.3 is 10.5 Å². The van der Waals surface area contributed by atoms with Crippen LogP contribution in [0.5, 0.6) is 0 Å². The third-order valence-electron chi connectivity index (χ3n) is 1.52. The molecule has 0 bridgehead atoms. The number of hydrogen-bond acceptors (Lipinski definition) is 3. The first kappa shape index (κ1) is 9.99. The van der Waals surface area contributed by atoms with Crippen LogP contribution in [0.3, 0.4) is 0 Å². The summed E-state index contributed by atoms with van der Waals surface area (Å²) in [4.78, 5) is 3.91. The van der Waals surface area contributed by atoms with Crippen LogP contribution in [0.2, 0.25) is 0 Å². The molecule has 1 aromatic rings. The summed E-state index contributed by atoms with van der Waals surface area (Å²) in [6, 6.07) is 3.73. The Kier molecular flexibility index (Phi) is 2.88. The number of rotatable bonds is 2. The van der Waals surface area contributed by atoms with Crippen LogP contribution in [0.25, 0.3) is 0 Å². The molecule has 0 aromatic carbocycles. The molecular formula is C10H16N2O. The Balaban J connectivity index is 2.55. The molecule has 1 heterocycles. The molecule has 0 fully saturated rings. The van der Waals surface area contributed by atoms with Gasteiger partial charge in [-0.15, -0.1) is 0 Å². The second-order valence-corrected chi connectivity index (χ2v) is 3.99. The summed E-state index contributed by atoms with van der Waals surface area (Å²) in [7, 11) is 0. The summed E-state index contributed by atoms with van der Waals surface area (Å²) in [5, 5.41) is 0. The van der Waals surface area contributed by atoms with Gasteiger partial charge in [0.05, 0.1) is 12.2 Å². The van der Waals surface area contributed by atoms with Gasteiger partial charge in [0.1, 0.15) is 5.82 Å². The molecule has 13 heavy (non-hydrogen) atoms. The summed E-state index contributed by atoms with van der Waals surface area (Å²) in [5.74, 6) is 0.537. The van der Waals surface area contributed by atoms with Gasteiger partial charge in [0.2, 0.25) is 0 Å². The molecule has 3 heteroatoms. The quantitative estimate of drug-likeness (QED) is 0.757. The topological polar surface area (TPSA) is 48.1 Å². The van der Waals surface area contributed by atoms with Crippen molar-refractivity contribution in [3.8, 4) is 0 Å². The zero-order valence-corrected chi connectivity index (χ0v) is 8.37. The van der Waals surface area contributed by atoms with E-state index in [9.17, 15) is 0 Å². The third kappa shape index (κ3) is 3.90. The molecule has 0 saturated heterocycles. The third-order valence-corrected chi connectivity index (χ3v) is 1.52. The normalized spacial score (nSPS) is 11.6. The fraction of sp³-hybridized carbons (Fsp3) is 0.500. The largest absolute Gasteiger partial charge is 0.384 e. The Labute approximate surface area is 78.9 Å². The molecule has 72 valence electrons. The lowest BCUT2D eigenvalue weighted by atomic mass is 10.2. The van der Waals surface area contributed by atoms with Crippen molar-refractivity contribution in [1.29, 1.82) is 0 Å². The molecule has 0 aliphatic carbocycles. The van der Waals surface area contributed by atoms with Gasteiger partial charge in [0.15, 0.2) is 0 Å². The van der Waals surface area contributed by atoms with Gasteiger partial charge in [-0.25, -0.2) is 4.98 Å². The number of pyridine rings is 1. The number of hydrogen-bond donors (Lipinski definition) is 1. The van der Waals surface area contributed by atoms with Crippen molar-refractivity contribution in [2.45, 2.75) is 33.0 Å². The Morgan fingerprint density at radius 3 is 2.69 bits per heavy atom. The molecule has 0 aliphatic rings. The van der Waals surface area contributed by atoms with Gasteiger partial charge in [0.25, 0.3) is 0 Å². The number of ether oxygens (including phenoxy) is 1. The van der Waals surface area contributed by atoms with E-state index < -0.39 is 0 Å². The van der Waals surface area contributed by atoms with Crippen LogP contribution in [0.15, 0.2) is 18.3 Å². The van der Waals surface area contributed by atoms with Crippen LogP contribution in [0.1, 0.15) is 26.3 Å². The van der Waals surface area contributed by atoms with Crippen molar-refractivity contribution < 1.29 is 4.74 Å². The first-order chi connectivity index (χ1) is 5.97. The first-order valence-electron chi connectivity index (χ1n) is 4.32. The monoisotopic (exact) mass is 180 g/mol. The number of aromatic nitrogens is 1. The molecule has 1 aromatic heterocycles. The van der Waals surface area contributed by atoms with Crippen molar-refractivity contribution in [3.63, 3.8) is 0 Å². The molecule has 0 amide bonds. The zero-order valence-electron chi connectivity index (χ0n) is 8.37. The predicted molar refractivity (Wildman–Crippen MR) is 53.2 cm³/mol. The Morgan fingerprint density at radius 1 is 1.46 bits per heavy atom. The molecule has 0 spiro atoms. The van der Waals surface area contributed by atoms with Gasteiger partial charge in [0, 0.05) is 6.20 Å². The SMILES string of the molecule is CC(C)(C)OCc1ccnc(N)c1. The van der Waals surface area contributed by atoms with E-state index in [0.717, 1.165) is 5.56 Å². The molecule has 3 nitrogen and oxygen atoms in total. The highest BCUT2D eigenvalue weighted by molar-refractivity contribution is 5.31. The van der Waals surface area contributed by atoms with Crippen LogP contribution in [0.4, 0.5) is 5.82 Å². The second-order valence-electron chi connectivity index (χ2n) is 3.99. The maximum atomic E-state index is 5.59. The average molecular weight is 180 g/mol. The fourth-order valence-corrected chi connectivity index (χ4v) is 0.884. The van der Waals surface area contributed by atoms with Crippen molar-refractivity contribution in [2.75, 3.05) is 5.73 Å². The van der Waals surface area contributed by atoms with Crippen molar-refractivity contribution in [2.24, 2.45) is 0 Å². The van der Waals surface area contributed by atoms with E-state index in [2.05, 4.69) is 4.98 Å². The van der Waals surface area contributed by atoms with E-state index in [-0.39, 0.29) is 5.60 Å². The average Bonchev–Trinajstić information content (AvgIpc) is 2.00. The molecule has 0 unspecified atom stereocenters.